The third-order valence-corrected chi connectivity index (χ3v) is 4.92. The zero-order chi connectivity index (χ0) is 21.8. The van der Waals surface area contributed by atoms with Crippen molar-refractivity contribution in [3.05, 3.63) is 75.5 Å². The molecular formula is C25H26O5. The highest BCUT2D eigenvalue weighted by atomic mass is 16.3. The number of benzene rings is 2. The van der Waals surface area contributed by atoms with Crippen LogP contribution in [0.25, 0.3) is 22.3 Å². The van der Waals surface area contributed by atoms with Crippen molar-refractivity contribution in [2.75, 3.05) is 0 Å². The van der Waals surface area contributed by atoms with Gasteiger partial charge in [-0.15, -0.1) is 0 Å². The van der Waals surface area contributed by atoms with Crippen LogP contribution in [-0.4, -0.2) is 15.3 Å². The van der Waals surface area contributed by atoms with Gasteiger partial charge in [0.05, 0.1) is 0 Å². The second-order valence-corrected chi connectivity index (χ2v) is 7.73. The van der Waals surface area contributed by atoms with E-state index in [-0.39, 0.29) is 28.2 Å². The van der Waals surface area contributed by atoms with Gasteiger partial charge in [-0.3, -0.25) is 4.79 Å². The number of hydrogen-bond donors (Lipinski definition) is 3. The third kappa shape index (κ3) is 4.92. The summed E-state index contributed by atoms with van der Waals surface area (Å²) < 4.78 is 5.76. The van der Waals surface area contributed by atoms with Crippen molar-refractivity contribution in [3.63, 3.8) is 0 Å². The van der Waals surface area contributed by atoms with Crippen LogP contribution >= 0.6 is 0 Å². The fourth-order valence-corrected chi connectivity index (χ4v) is 3.27. The number of fused-ring (bicyclic) bond motifs is 1. The summed E-state index contributed by atoms with van der Waals surface area (Å²) in [6, 6.07) is 8.71. The minimum atomic E-state index is -0.409. The molecule has 0 spiro atoms. The summed E-state index contributed by atoms with van der Waals surface area (Å²) in [7, 11) is 0. The van der Waals surface area contributed by atoms with Gasteiger partial charge >= 0.3 is 0 Å². The summed E-state index contributed by atoms with van der Waals surface area (Å²) in [5, 5.41) is 29.9. The van der Waals surface area contributed by atoms with Gasteiger partial charge in [-0.2, -0.15) is 0 Å². The molecule has 156 valence electrons. The van der Waals surface area contributed by atoms with Crippen LogP contribution in [0.15, 0.2) is 68.9 Å². The van der Waals surface area contributed by atoms with Gasteiger partial charge in [-0.05, 0) is 63.8 Å². The smallest absolute Gasteiger partial charge is 0.197 e. The van der Waals surface area contributed by atoms with Crippen molar-refractivity contribution in [1.29, 1.82) is 0 Å². The Kier molecular flexibility index (Phi) is 6.31. The Labute approximate surface area is 175 Å². The average molecular weight is 406 g/mol. The standard InChI is InChI=1S/C25H26O5/c1-15(2)5-4-6-16(3)7-8-17-11-18(9-10-20(17)27)23-14-22(29)25-21(28)12-19(26)13-24(25)30-23/h5,7,9-14,26-28H,4,6,8H2,1-3H3. The van der Waals surface area contributed by atoms with Gasteiger partial charge in [-0.1, -0.05) is 23.3 Å². The molecule has 0 aliphatic carbocycles. The van der Waals surface area contributed by atoms with Crippen molar-refractivity contribution in [3.8, 4) is 28.6 Å². The Morgan fingerprint density at radius 3 is 2.47 bits per heavy atom. The molecule has 0 aliphatic rings. The zero-order valence-corrected chi connectivity index (χ0v) is 17.4. The third-order valence-electron chi connectivity index (χ3n) is 4.92. The van der Waals surface area contributed by atoms with E-state index in [0.29, 0.717) is 17.7 Å². The molecule has 1 heterocycles. The van der Waals surface area contributed by atoms with Gasteiger partial charge in [0.15, 0.2) is 5.43 Å². The van der Waals surface area contributed by atoms with Crippen molar-refractivity contribution in [2.45, 2.75) is 40.0 Å². The van der Waals surface area contributed by atoms with Crippen molar-refractivity contribution < 1.29 is 19.7 Å². The summed E-state index contributed by atoms with van der Waals surface area (Å²) in [5.41, 5.74) is 3.57. The average Bonchev–Trinajstić information content (AvgIpc) is 2.66. The summed E-state index contributed by atoms with van der Waals surface area (Å²) in [5.74, 6) is -0.0561. The van der Waals surface area contributed by atoms with Crippen LogP contribution in [0.5, 0.6) is 17.2 Å². The highest BCUT2D eigenvalue weighted by Gasteiger charge is 2.13. The second kappa shape index (κ2) is 8.91. The predicted molar refractivity (Wildman–Crippen MR) is 119 cm³/mol. The zero-order valence-electron chi connectivity index (χ0n) is 17.4. The molecule has 3 aromatic rings. The van der Waals surface area contributed by atoms with Gasteiger partial charge < -0.3 is 19.7 Å². The summed E-state index contributed by atoms with van der Waals surface area (Å²) in [6.45, 7) is 6.23. The summed E-state index contributed by atoms with van der Waals surface area (Å²) in [6.07, 6.45) is 6.79. The first-order chi connectivity index (χ1) is 14.2. The molecule has 0 amide bonds. The van der Waals surface area contributed by atoms with E-state index in [9.17, 15) is 20.1 Å². The van der Waals surface area contributed by atoms with Crippen molar-refractivity contribution in [1.82, 2.24) is 0 Å². The molecule has 0 saturated carbocycles. The van der Waals surface area contributed by atoms with Crippen molar-refractivity contribution in [2.24, 2.45) is 0 Å². The fraction of sp³-hybridized carbons (Fsp3) is 0.240. The lowest BCUT2D eigenvalue weighted by Crippen LogP contribution is -2.01. The summed E-state index contributed by atoms with van der Waals surface area (Å²) >= 11 is 0. The van der Waals surface area contributed by atoms with Crippen LogP contribution in [0.4, 0.5) is 0 Å². The van der Waals surface area contributed by atoms with Crippen LogP contribution in [0, 0.1) is 0 Å². The maximum absolute atomic E-state index is 12.5. The number of aromatic hydroxyl groups is 3. The Hall–Kier alpha value is -3.47. The molecular weight excluding hydrogens is 380 g/mol. The quantitative estimate of drug-likeness (QED) is 0.449. The molecule has 3 N–H and O–H groups in total. The lowest BCUT2D eigenvalue weighted by Gasteiger charge is -2.08. The normalized spacial score (nSPS) is 11.6. The molecule has 0 aliphatic heterocycles. The minimum absolute atomic E-state index is 0.0190. The van der Waals surface area contributed by atoms with Crippen LogP contribution < -0.4 is 5.43 Å². The SMILES string of the molecule is CC(C)=CCCC(C)=CCc1cc(-c2cc(=O)c3c(O)cc(O)cc3o2)ccc1O. The number of hydrogen-bond acceptors (Lipinski definition) is 5. The molecule has 0 radical (unpaired) electrons. The first-order valence-corrected chi connectivity index (χ1v) is 9.85. The molecule has 2 aromatic carbocycles. The van der Waals surface area contributed by atoms with Gasteiger partial charge in [0.1, 0.15) is 34.0 Å². The molecule has 0 unspecified atom stereocenters. The number of rotatable bonds is 6. The van der Waals surface area contributed by atoms with E-state index in [0.717, 1.165) is 24.5 Å². The maximum atomic E-state index is 12.5. The lowest BCUT2D eigenvalue weighted by molar-refractivity contribution is 0.452. The van der Waals surface area contributed by atoms with E-state index >= 15 is 0 Å². The Bertz CT molecular complexity index is 1190. The van der Waals surface area contributed by atoms with Crippen LogP contribution in [0.1, 0.15) is 39.2 Å². The van der Waals surface area contributed by atoms with E-state index in [4.69, 9.17) is 4.42 Å². The van der Waals surface area contributed by atoms with E-state index in [1.54, 1.807) is 18.2 Å². The van der Waals surface area contributed by atoms with E-state index in [1.165, 1.54) is 23.3 Å². The van der Waals surface area contributed by atoms with Crippen LogP contribution in [-0.2, 0) is 6.42 Å². The molecule has 5 nitrogen and oxygen atoms in total. The van der Waals surface area contributed by atoms with Crippen molar-refractivity contribution >= 4 is 11.0 Å². The Morgan fingerprint density at radius 2 is 1.73 bits per heavy atom. The largest absolute Gasteiger partial charge is 0.508 e. The minimum Gasteiger partial charge on any atom is -0.508 e. The molecule has 5 heteroatoms. The number of allylic oxidation sites excluding steroid dienone is 4. The van der Waals surface area contributed by atoms with Gasteiger partial charge in [0, 0.05) is 23.8 Å². The first-order valence-electron chi connectivity index (χ1n) is 9.85. The lowest BCUT2D eigenvalue weighted by atomic mass is 10.0. The van der Waals surface area contributed by atoms with Gasteiger partial charge in [0.25, 0.3) is 0 Å². The highest BCUT2D eigenvalue weighted by molar-refractivity contribution is 5.86. The molecule has 0 bridgehead atoms. The van der Waals surface area contributed by atoms with Gasteiger partial charge in [-0.25, -0.2) is 0 Å². The van der Waals surface area contributed by atoms with Crippen LogP contribution in [0.2, 0.25) is 0 Å². The molecule has 0 fully saturated rings. The summed E-state index contributed by atoms with van der Waals surface area (Å²) in [4.78, 5) is 12.5. The maximum Gasteiger partial charge on any atom is 0.197 e. The highest BCUT2D eigenvalue weighted by Crippen LogP contribution is 2.32. The molecule has 3 rings (SSSR count). The first kappa shape index (κ1) is 21.2. The number of phenols is 3. The monoisotopic (exact) mass is 406 g/mol. The second-order valence-electron chi connectivity index (χ2n) is 7.73. The predicted octanol–water partition coefficient (Wildman–Crippen LogP) is 5.81. The molecule has 1 aromatic heterocycles. The Balaban J connectivity index is 1.91. The van der Waals surface area contributed by atoms with Crippen LogP contribution in [0.3, 0.4) is 0 Å². The van der Waals surface area contributed by atoms with E-state index in [1.807, 2.05) is 0 Å². The molecule has 0 saturated heterocycles. The molecule has 30 heavy (non-hydrogen) atoms. The Morgan fingerprint density at radius 1 is 0.967 bits per heavy atom. The van der Waals surface area contributed by atoms with E-state index in [2.05, 4.69) is 32.9 Å². The number of phenolic OH excluding ortho intramolecular Hbond substituents is 3. The molecule has 0 atom stereocenters. The van der Waals surface area contributed by atoms with E-state index < -0.39 is 5.43 Å². The topological polar surface area (TPSA) is 90.9 Å². The van der Waals surface area contributed by atoms with Gasteiger partial charge in [0.2, 0.25) is 0 Å². The fourth-order valence-electron chi connectivity index (χ4n) is 3.27.